The molecule has 6 heteroatoms. The molecule has 0 spiro atoms. The lowest BCUT2D eigenvalue weighted by atomic mass is 9.89. The fourth-order valence-electron chi connectivity index (χ4n) is 2.95. The number of hydrogen-bond acceptors (Lipinski definition) is 6. The molecule has 1 aliphatic rings. The van der Waals surface area contributed by atoms with Gasteiger partial charge in [-0.15, -0.1) is 11.3 Å². The first-order valence-electron chi connectivity index (χ1n) is 7.34. The Morgan fingerprint density at radius 2 is 2.00 bits per heavy atom. The van der Waals surface area contributed by atoms with E-state index in [-0.39, 0.29) is 0 Å². The normalized spacial score (nSPS) is 15.8. The van der Waals surface area contributed by atoms with Gasteiger partial charge in [0.25, 0.3) is 0 Å². The van der Waals surface area contributed by atoms with Crippen molar-refractivity contribution in [2.75, 3.05) is 38.4 Å². The zero-order valence-electron chi connectivity index (χ0n) is 13.0. The standard InChI is InChI=1S/C15H24N2O3S/c1-17(9-10-7-5-4-6-8-10)14-12(19-2)11(16)13(21-14)15(18)20-3/h10H,4-9,16H2,1-3H3. The number of ether oxygens (including phenoxy) is 2. The van der Waals surface area contributed by atoms with Gasteiger partial charge in [0.2, 0.25) is 0 Å². The fourth-order valence-corrected chi connectivity index (χ4v) is 4.03. The van der Waals surface area contributed by atoms with Crippen LogP contribution in [-0.4, -0.2) is 33.8 Å². The lowest BCUT2D eigenvalue weighted by Crippen LogP contribution is -2.26. The Labute approximate surface area is 130 Å². The first kappa shape index (κ1) is 15.9. The number of nitrogens with zero attached hydrogens (tertiary/aromatic N) is 1. The first-order valence-corrected chi connectivity index (χ1v) is 8.15. The summed E-state index contributed by atoms with van der Waals surface area (Å²) >= 11 is 1.34. The molecule has 118 valence electrons. The summed E-state index contributed by atoms with van der Waals surface area (Å²) in [5, 5.41) is 0.904. The minimum atomic E-state index is -0.409. The Balaban J connectivity index is 2.19. The van der Waals surface area contributed by atoms with E-state index < -0.39 is 5.97 Å². The number of nitrogen functional groups attached to an aromatic ring is 1. The number of nitrogens with two attached hydrogens (primary N) is 1. The topological polar surface area (TPSA) is 64.8 Å². The largest absolute Gasteiger partial charge is 0.492 e. The summed E-state index contributed by atoms with van der Waals surface area (Å²) in [6, 6.07) is 0. The van der Waals surface area contributed by atoms with E-state index >= 15 is 0 Å². The molecule has 1 aromatic heterocycles. The minimum Gasteiger partial charge on any atom is -0.492 e. The van der Waals surface area contributed by atoms with E-state index in [1.807, 2.05) is 7.05 Å². The van der Waals surface area contributed by atoms with Crippen molar-refractivity contribution in [1.82, 2.24) is 0 Å². The molecule has 0 saturated heterocycles. The lowest BCUT2D eigenvalue weighted by molar-refractivity contribution is 0.0607. The van der Waals surface area contributed by atoms with E-state index in [4.69, 9.17) is 15.2 Å². The van der Waals surface area contributed by atoms with Crippen molar-refractivity contribution in [3.63, 3.8) is 0 Å². The number of carbonyl (C=O) groups excluding carboxylic acids is 1. The van der Waals surface area contributed by atoms with Gasteiger partial charge >= 0.3 is 5.97 Å². The lowest BCUT2D eigenvalue weighted by Gasteiger charge is -2.27. The number of anilines is 2. The fraction of sp³-hybridized carbons (Fsp3) is 0.667. The monoisotopic (exact) mass is 312 g/mol. The van der Waals surface area contributed by atoms with Crippen LogP contribution in [-0.2, 0) is 4.74 Å². The molecule has 0 bridgehead atoms. The maximum atomic E-state index is 11.8. The van der Waals surface area contributed by atoms with Gasteiger partial charge in [-0.25, -0.2) is 4.79 Å². The van der Waals surface area contributed by atoms with Crippen LogP contribution in [0, 0.1) is 5.92 Å². The van der Waals surface area contributed by atoms with E-state index in [9.17, 15) is 4.79 Å². The Morgan fingerprint density at radius 3 is 2.57 bits per heavy atom. The molecule has 2 N–H and O–H groups in total. The van der Waals surface area contributed by atoms with Crippen LogP contribution < -0.4 is 15.4 Å². The van der Waals surface area contributed by atoms with Crippen LogP contribution in [0.5, 0.6) is 5.75 Å². The summed E-state index contributed by atoms with van der Waals surface area (Å²) in [6.07, 6.45) is 6.53. The third-order valence-corrected chi connectivity index (χ3v) is 5.34. The molecule has 1 aromatic rings. The van der Waals surface area contributed by atoms with Gasteiger partial charge in [-0.3, -0.25) is 0 Å². The summed E-state index contributed by atoms with van der Waals surface area (Å²) in [7, 11) is 4.97. The van der Waals surface area contributed by atoms with Gasteiger partial charge in [-0.1, -0.05) is 19.3 Å². The van der Waals surface area contributed by atoms with Crippen molar-refractivity contribution < 1.29 is 14.3 Å². The smallest absolute Gasteiger partial charge is 0.350 e. The molecule has 0 atom stereocenters. The number of thiophene rings is 1. The molecular weight excluding hydrogens is 288 g/mol. The van der Waals surface area contributed by atoms with E-state index in [0.29, 0.717) is 22.2 Å². The SMILES string of the molecule is COC(=O)c1sc(N(C)CC2CCCCC2)c(OC)c1N. The summed E-state index contributed by atoms with van der Waals surface area (Å²) < 4.78 is 10.2. The molecule has 1 saturated carbocycles. The average molecular weight is 312 g/mol. The minimum absolute atomic E-state index is 0.375. The van der Waals surface area contributed by atoms with Gasteiger partial charge in [0.05, 0.1) is 14.2 Å². The molecule has 1 heterocycles. The molecule has 2 rings (SSSR count). The highest BCUT2D eigenvalue weighted by atomic mass is 32.1. The predicted molar refractivity (Wildman–Crippen MR) is 86.5 cm³/mol. The third kappa shape index (κ3) is 3.43. The number of hydrogen-bond donors (Lipinski definition) is 1. The average Bonchev–Trinajstić information content (AvgIpc) is 2.84. The Hall–Kier alpha value is -1.43. The maximum Gasteiger partial charge on any atom is 0.350 e. The Kier molecular flexibility index (Phi) is 5.33. The number of esters is 1. The number of carbonyl (C=O) groups is 1. The van der Waals surface area contributed by atoms with E-state index in [2.05, 4.69) is 4.90 Å². The van der Waals surface area contributed by atoms with Crippen molar-refractivity contribution in [2.24, 2.45) is 5.92 Å². The van der Waals surface area contributed by atoms with Gasteiger partial charge in [0.15, 0.2) is 5.75 Å². The van der Waals surface area contributed by atoms with Crippen LogP contribution in [0.3, 0.4) is 0 Å². The number of methoxy groups -OCH3 is 2. The molecule has 0 amide bonds. The summed E-state index contributed by atoms with van der Waals surface area (Å²) in [4.78, 5) is 14.3. The van der Waals surface area contributed by atoms with Crippen molar-refractivity contribution in [3.8, 4) is 5.75 Å². The van der Waals surface area contributed by atoms with Crippen molar-refractivity contribution in [1.29, 1.82) is 0 Å². The van der Waals surface area contributed by atoms with Gasteiger partial charge in [0, 0.05) is 13.6 Å². The molecule has 0 aromatic carbocycles. The molecule has 0 radical (unpaired) electrons. The van der Waals surface area contributed by atoms with Crippen molar-refractivity contribution in [2.45, 2.75) is 32.1 Å². The van der Waals surface area contributed by atoms with Crippen LogP contribution in [0.4, 0.5) is 10.7 Å². The van der Waals surface area contributed by atoms with Crippen LogP contribution >= 0.6 is 11.3 Å². The second-order valence-electron chi connectivity index (χ2n) is 5.56. The number of rotatable bonds is 5. The zero-order chi connectivity index (χ0) is 15.4. The summed E-state index contributed by atoms with van der Waals surface area (Å²) in [5.41, 5.74) is 6.39. The van der Waals surface area contributed by atoms with Crippen molar-refractivity contribution in [3.05, 3.63) is 4.88 Å². The molecule has 5 nitrogen and oxygen atoms in total. The van der Waals surface area contributed by atoms with Crippen LogP contribution in [0.15, 0.2) is 0 Å². The van der Waals surface area contributed by atoms with E-state index in [1.165, 1.54) is 50.6 Å². The van der Waals surface area contributed by atoms with Crippen LogP contribution in [0.1, 0.15) is 41.8 Å². The van der Waals surface area contributed by atoms with Crippen LogP contribution in [0.25, 0.3) is 0 Å². The quantitative estimate of drug-likeness (QED) is 0.846. The van der Waals surface area contributed by atoms with Gasteiger partial charge in [-0.05, 0) is 18.8 Å². The van der Waals surface area contributed by atoms with Gasteiger partial charge in [-0.2, -0.15) is 0 Å². The van der Waals surface area contributed by atoms with Gasteiger partial charge in [0.1, 0.15) is 15.6 Å². The zero-order valence-corrected chi connectivity index (χ0v) is 13.8. The highest BCUT2D eigenvalue weighted by Crippen LogP contribution is 2.45. The van der Waals surface area contributed by atoms with Gasteiger partial charge < -0.3 is 20.1 Å². The molecule has 1 aliphatic carbocycles. The molecule has 0 unspecified atom stereocenters. The van der Waals surface area contributed by atoms with Crippen molar-refractivity contribution >= 4 is 28.0 Å². The summed E-state index contributed by atoms with van der Waals surface area (Å²) in [6.45, 7) is 0.969. The van der Waals surface area contributed by atoms with E-state index in [1.54, 1.807) is 7.11 Å². The second kappa shape index (κ2) is 7.02. The van der Waals surface area contributed by atoms with E-state index in [0.717, 1.165) is 11.5 Å². The van der Waals surface area contributed by atoms with Crippen LogP contribution in [0.2, 0.25) is 0 Å². The third-order valence-electron chi connectivity index (χ3n) is 4.06. The predicted octanol–water partition coefficient (Wildman–Crippen LogP) is 3.14. The molecular formula is C15H24N2O3S. The molecule has 1 fully saturated rings. The molecule has 21 heavy (non-hydrogen) atoms. The Morgan fingerprint density at radius 1 is 1.33 bits per heavy atom. The second-order valence-corrected chi connectivity index (χ2v) is 6.56. The summed E-state index contributed by atoms with van der Waals surface area (Å²) in [5.74, 6) is 0.880. The maximum absolute atomic E-state index is 11.8. The highest BCUT2D eigenvalue weighted by molar-refractivity contribution is 7.19. The Bertz CT molecular complexity index is 495. The first-order chi connectivity index (χ1) is 10.1. The highest BCUT2D eigenvalue weighted by Gasteiger charge is 2.26. The molecule has 0 aliphatic heterocycles.